The molecule has 7 heteroatoms. The predicted molar refractivity (Wildman–Crippen MR) is 73.6 cm³/mol. The summed E-state index contributed by atoms with van der Waals surface area (Å²) in [6.07, 6.45) is -0.640. The summed E-state index contributed by atoms with van der Waals surface area (Å²) in [5, 5.41) is 10.2. The molecule has 4 nitrogen and oxygen atoms in total. The highest BCUT2D eigenvalue weighted by atomic mass is 19.4. The van der Waals surface area contributed by atoms with Gasteiger partial charge in [-0.1, -0.05) is 0 Å². The van der Waals surface area contributed by atoms with Gasteiger partial charge in [0, 0.05) is 6.20 Å². The third-order valence-corrected chi connectivity index (χ3v) is 4.02. The maximum atomic E-state index is 12.7. The second-order valence-corrected chi connectivity index (χ2v) is 5.48. The van der Waals surface area contributed by atoms with E-state index in [-0.39, 0.29) is 24.8 Å². The molecule has 0 bridgehead atoms. The van der Waals surface area contributed by atoms with Crippen LogP contribution in [0.25, 0.3) is 10.9 Å². The molecule has 0 unspecified atom stereocenters. The first kappa shape index (κ1) is 14.9. The van der Waals surface area contributed by atoms with Crippen molar-refractivity contribution in [3.8, 4) is 11.6 Å². The molecule has 1 N–H and O–H groups in total. The average Bonchev–Trinajstić information content (AvgIpc) is 2.50. The van der Waals surface area contributed by atoms with Crippen molar-refractivity contribution in [1.82, 2.24) is 9.97 Å². The first-order chi connectivity index (χ1) is 10.4. The van der Waals surface area contributed by atoms with Crippen molar-refractivity contribution in [2.45, 2.75) is 38.0 Å². The van der Waals surface area contributed by atoms with Crippen LogP contribution in [-0.2, 0) is 0 Å². The molecule has 0 aromatic carbocycles. The zero-order valence-corrected chi connectivity index (χ0v) is 11.7. The molecule has 2 aromatic heterocycles. The van der Waals surface area contributed by atoms with Gasteiger partial charge in [0.25, 0.3) is 0 Å². The van der Waals surface area contributed by atoms with Gasteiger partial charge in [0.2, 0.25) is 5.88 Å². The lowest BCUT2D eigenvalue weighted by molar-refractivity contribution is -0.185. The number of nitrogens with zero attached hydrogens (tertiary/aromatic N) is 2. The fourth-order valence-corrected chi connectivity index (χ4v) is 2.81. The third-order valence-electron chi connectivity index (χ3n) is 4.02. The Labute approximate surface area is 125 Å². The molecule has 22 heavy (non-hydrogen) atoms. The van der Waals surface area contributed by atoms with Crippen molar-refractivity contribution in [3.05, 3.63) is 24.5 Å². The largest absolute Gasteiger partial charge is 0.493 e. The molecule has 1 aliphatic carbocycles. The molecule has 1 aliphatic rings. The van der Waals surface area contributed by atoms with Gasteiger partial charge < -0.3 is 9.84 Å². The summed E-state index contributed by atoms with van der Waals surface area (Å²) in [4.78, 5) is 7.99. The Morgan fingerprint density at radius 2 is 1.86 bits per heavy atom. The lowest BCUT2D eigenvalue weighted by Gasteiger charge is -2.30. The lowest BCUT2D eigenvalue weighted by atomic mass is 9.87. The maximum Gasteiger partial charge on any atom is 0.391 e. The van der Waals surface area contributed by atoms with E-state index in [4.69, 9.17) is 4.74 Å². The normalized spacial score (nSPS) is 22.7. The molecule has 2 aromatic rings. The molecule has 0 spiro atoms. The Hall–Kier alpha value is -2.05. The summed E-state index contributed by atoms with van der Waals surface area (Å²) < 4.78 is 43.8. The zero-order valence-electron chi connectivity index (χ0n) is 11.7. The van der Waals surface area contributed by atoms with E-state index in [2.05, 4.69) is 9.97 Å². The van der Waals surface area contributed by atoms with E-state index in [1.165, 1.54) is 6.20 Å². The van der Waals surface area contributed by atoms with Crippen molar-refractivity contribution < 1.29 is 23.0 Å². The van der Waals surface area contributed by atoms with Crippen molar-refractivity contribution in [2.75, 3.05) is 0 Å². The summed E-state index contributed by atoms with van der Waals surface area (Å²) in [5.41, 5.74) is 0.466. The first-order valence-electron chi connectivity index (χ1n) is 7.11. The van der Waals surface area contributed by atoms with Crippen molar-refractivity contribution in [3.63, 3.8) is 0 Å². The Kier molecular flexibility index (Phi) is 3.80. The second-order valence-electron chi connectivity index (χ2n) is 5.48. The molecule has 3 rings (SSSR count). The molecule has 2 heterocycles. The SMILES string of the molecule is Oc1ncc(O[C@H]2CC[C@H](C(F)(F)F)CC2)c2ncccc12. The third kappa shape index (κ3) is 2.93. The van der Waals surface area contributed by atoms with Gasteiger partial charge in [0.15, 0.2) is 5.75 Å². The molecule has 0 saturated heterocycles. The standard InChI is InChI=1S/C15H15F3N2O2/c16-15(17,18)9-3-5-10(6-4-9)22-12-8-20-14(21)11-2-1-7-19-13(11)12/h1-2,7-10H,3-6H2,(H,20,21)/t9-,10-. The summed E-state index contributed by atoms with van der Waals surface area (Å²) in [7, 11) is 0. The number of hydrogen-bond donors (Lipinski definition) is 1. The fourth-order valence-electron chi connectivity index (χ4n) is 2.81. The number of hydrogen-bond acceptors (Lipinski definition) is 4. The van der Waals surface area contributed by atoms with E-state index in [1.54, 1.807) is 18.3 Å². The van der Waals surface area contributed by atoms with Gasteiger partial charge in [-0.25, -0.2) is 4.98 Å². The van der Waals surface area contributed by atoms with Crippen molar-refractivity contribution in [2.24, 2.45) is 5.92 Å². The highest BCUT2D eigenvalue weighted by Crippen LogP contribution is 2.39. The van der Waals surface area contributed by atoms with Crippen molar-refractivity contribution in [1.29, 1.82) is 0 Å². The van der Waals surface area contributed by atoms with Crippen molar-refractivity contribution >= 4 is 10.9 Å². The number of rotatable bonds is 2. The van der Waals surface area contributed by atoms with Gasteiger partial charge in [-0.2, -0.15) is 13.2 Å². The van der Waals surface area contributed by atoms with E-state index < -0.39 is 12.1 Å². The molecular formula is C15H15F3N2O2. The second kappa shape index (κ2) is 5.62. The van der Waals surface area contributed by atoms with Crippen LogP contribution in [-0.4, -0.2) is 27.4 Å². The topological polar surface area (TPSA) is 55.2 Å². The lowest BCUT2D eigenvalue weighted by Crippen LogP contribution is -2.31. The average molecular weight is 312 g/mol. The monoisotopic (exact) mass is 312 g/mol. The molecule has 0 radical (unpaired) electrons. The Morgan fingerprint density at radius 3 is 2.55 bits per heavy atom. The van der Waals surface area contributed by atoms with Crippen LogP contribution in [0.4, 0.5) is 13.2 Å². The van der Waals surface area contributed by atoms with Gasteiger partial charge in [-0.15, -0.1) is 0 Å². The van der Waals surface area contributed by atoms with Crippen LogP contribution in [0.15, 0.2) is 24.5 Å². The summed E-state index contributed by atoms with van der Waals surface area (Å²) >= 11 is 0. The minimum atomic E-state index is -4.13. The maximum absolute atomic E-state index is 12.7. The van der Waals surface area contributed by atoms with E-state index >= 15 is 0 Å². The zero-order chi connectivity index (χ0) is 15.7. The number of pyridine rings is 2. The molecule has 0 atom stereocenters. The summed E-state index contributed by atoms with van der Waals surface area (Å²) in [5.74, 6) is -0.986. The minimum Gasteiger partial charge on any atom is -0.493 e. The quantitative estimate of drug-likeness (QED) is 0.915. The van der Waals surface area contributed by atoms with E-state index in [0.717, 1.165) is 0 Å². The minimum absolute atomic E-state index is 0.0744. The smallest absolute Gasteiger partial charge is 0.391 e. The predicted octanol–water partition coefficient (Wildman–Crippen LogP) is 3.84. The first-order valence-corrected chi connectivity index (χ1v) is 7.11. The van der Waals surface area contributed by atoms with Crippen LogP contribution in [0.2, 0.25) is 0 Å². The van der Waals surface area contributed by atoms with Gasteiger partial charge in [0.05, 0.1) is 23.6 Å². The summed E-state index contributed by atoms with van der Waals surface area (Å²) in [6.45, 7) is 0. The van der Waals surface area contributed by atoms with Gasteiger partial charge in [-0.3, -0.25) is 4.98 Å². The van der Waals surface area contributed by atoms with Crippen LogP contribution < -0.4 is 4.74 Å². The van der Waals surface area contributed by atoms with Gasteiger partial charge in [0.1, 0.15) is 5.52 Å². The highest BCUT2D eigenvalue weighted by molar-refractivity contribution is 5.87. The van der Waals surface area contributed by atoms with E-state index in [1.807, 2.05) is 0 Å². The Balaban J connectivity index is 1.74. The number of fused-ring (bicyclic) bond motifs is 1. The molecule has 1 saturated carbocycles. The Morgan fingerprint density at radius 1 is 1.14 bits per heavy atom. The number of halogens is 3. The van der Waals surface area contributed by atoms with E-state index in [0.29, 0.717) is 29.5 Å². The summed E-state index contributed by atoms with van der Waals surface area (Å²) in [6, 6.07) is 3.33. The van der Waals surface area contributed by atoms with Gasteiger partial charge >= 0.3 is 6.18 Å². The molecule has 0 amide bonds. The fraction of sp³-hybridized carbons (Fsp3) is 0.467. The van der Waals surface area contributed by atoms with Crippen LogP contribution in [0.3, 0.4) is 0 Å². The van der Waals surface area contributed by atoms with Crippen LogP contribution in [0, 0.1) is 5.92 Å². The van der Waals surface area contributed by atoms with E-state index in [9.17, 15) is 18.3 Å². The number of ether oxygens (including phenoxy) is 1. The highest BCUT2D eigenvalue weighted by Gasteiger charge is 2.41. The van der Waals surface area contributed by atoms with Gasteiger partial charge in [-0.05, 0) is 37.8 Å². The number of alkyl halides is 3. The Bertz CT molecular complexity index is 667. The number of aromatic nitrogens is 2. The number of aromatic hydroxyl groups is 1. The molecule has 0 aliphatic heterocycles. The molecular weight excluding hydrogens is 297 g/mol. The molecule has 1 fully saturated rings. The van der Waals surface area contributed by atoms with Crippen LogP contribution >= 0.6 is 0 Å². The molecule has 118 valence electrons. The van der Waals surface area contributed by atoms with Crippen LogP contribution in [0.5, 0.6) is 11.6 Å². The van der Waals surface area contributed by atoms with Crippen LogP contribution in [0.1, 0.15) is 25.7 Å².